The molecule has 1 aliphatic heterocycles. The van der Waals surface area contributed by atoms with Gasteiger partial charge in [-0.2, -0.15) is 0 Å². The van der Waals surface area contributed by atoms with Crippen molar-refractivity contribution in [2.24, 2.45) is 0 Å². The molecule has 2 aromatic carbocycles. The molecule has 17 heavy (non-hydrogen) atoms. The number of benzene rings is 2. The van der Waals surface area contributed by atoms with Crippen LogP contribution in [0.15, 0.2) is 42.5 Å². The zero-order valence-corrected chi connectivity index (χ0v) is 9.82. The van der Waals surface area contributed by atoms with Crippen LogP contribution in [-0.4, -0.2) is 23.8 Å². The van der Waals surface area contributed by atoms with Gasteiger partial charge >= 0.3 is 0 Å². The van der Waals surface area contributed by atoms with Gasteiger partial charge in [-0.3, -0.25) is 0 Å². The van der Waals surface area contributed by atoms with Crippen LogP contribution in [0.4, 0.5) is 0 Å². The maximum absolute atomic E-state index is 10.4. The van der Waals surface area contributed by atoms with Crippen LogP contribution in [0.2, 0.25) is 0 Å². The van der Waals surface area contributed by atoms with Crippen LogP contribution in [0, 0.1) is 0 Å². The summed E-state index contributed by atoms with van der Waals surface area (Å²) in [5.74, 6) is 0. The smallest absolute Gasteiger partial charge is 0.0823 e. The van der Waals surface area contributed by atoms with Gasteiger partial charge < -0.3 is 10.4 Å². The molecule has 1 fully saturated rings. The van der Waals surface area contributed by atoms with Gasteiger partial charge in [-0.1, -0.05) is 42.5 Å². The maximum atomic E-state index is 10.4. The highest BCUT2D eigenvalue weighted by atomic mass is 16.3. The molecular formula is C15H17NO. The number of aliphatic hydroxyl groups is 1. The minimum absolute atomic E-state index is 0.565. The molecular weight excluding hydrogens is 210 g/mol. The summed E-state index contributed by atoms with van der Waals surface area (Å²) in [5.41, 5.74) is 0.679. The van der Waals surface area contributed by atoms with E-state index in [1.807, 2.05) is 0 Å². The van der Waals surface area contributed by atoms with E-state index in [1.54, 1.807) is 0 Å². The Bertz CT molecular complexity index is 524. The van der Waals surface area contributed by atoms with E-state index in [1.165, 1.54) is 16.3 Å². The van der Waals surface area contributed by atoms with Crippen LogP contribution in [0.3, 0.4) is 0 Å². The van der Waals surface area contributed by atoms with Crippen LogP contribution in [0.25, 0.3) is 10.8 Å². The first kappa shape index (κ1) is 10.8. The zero-order chi connectivity index (χ0) is 11.7. The molecule has 0 aliphatic carbocycles. The van der Waals surface area contributed by atoms with E-state index in [9.17, 15) is 5.11 Å². The number of β-amino-alcohol motifs (C(OH)–C–C–N with tert-alkyl or cyclic N) is 1. The quantitative estimate of drug-likeness (QED) is 0.823. The molecule has 1 saturated heterocycles. The Kier molecular flexibility index (Phi) is 2.61. The molecule has 3 rings (SSSR count). The summed E-state index contributed by atoms with van der Waals surface area (Å²) in [4.78, 5) is 0. The third-order valence-corrected chi connectivity index (χ3v) is 3.62. The number of hydrogen-bond donors (Lipinski definition) is 2. The van der Waals surface area contributed by atoms with Crippen LogP contribution < -0.4 is 5.32 Å². The lowest BCUT2D eigenvalue weighted by Gasteiger charge is -2.22. The van der Waals surface area contributed by atoms with E-state index >= 15 is 0 Å². The average Bonchev–Trinajstić information content (AvgIpc) is 2.76. The topological polar surface area (TPSA) is 32.3 Å². The van der Waals surface area contributed by atoms with Crippen molar-refractivity contribution in [1.82, 2.24) is 5.32 Å². The second-order valence-electron chi connectivity index (χ2n) is 4.97. The summed E-state index contributed by atoms with van der Waals surface area (Å²) in [6.07, 6.45) is 1.58. The Labute approximate surface area is 101 Å². The standard InChI is InChI=1S/C15H17NO/c17-15(8-9-16-11-15)10-13-6-3-5-12-4-1-2-7-14(12)13/h1-7,16-17H,8-11H2. The van der Waals surface area contributed by atoms with Crippen molar-refractivity contribution in [2.45, 2.75) is 18.4 Å². The predicted molar refractivity (Wildman–Crippen MR) is 70.1 cm³/mol. The van der Waals surface area contributed by atoms with E-state index in [4.69, 9.17) is 0 Å². The molecule has 2 aromatic rings. The Morgan fingerprint density at radius 3 is 2.76 bits per heavy atom. The second-order valence-corrected chi connectivity index (χ2v) is 4.97. The molecule has 1 unspecified atom stereocenters. The number of rotatable bonds is 2. The number of fused-ring (bicyclic) bond motifs is 1. The van der Waals surface area contributed by atoms with Gasteiger partial charge in [0.25, 0.3) is 0 Å². The summed E-state index contributed by atoms with van der Waals surface area (Å²) in [5, 5.41) is 16.2. The number of hydrogen-bond acceptors (Lipinski definition) is 2. The summed E-state index contributed by atoms with van der Waals surface area (Å²) < 4.78 is 0. The van der Waals surface area contributed by atoms with Crippen LogP contribution in [-0.2, 0) is 6.42 Å². The molecule has 2 nitrogen and oxygen atoms in total. The largest absolute Gasteiger partial charge is 0.388 e. The second kappa shape index (κ2) is 4.13. The van der Waals surface area contributed by atoms with Gasteiger partial charge in [0.1, 0.15) is 0 Å². The molecule has 1 atom stereocenters. The highest BCUT2D eigenvalue weighted by Crippen LogP contribution is 2.25. The first-order valence-corrected chi connectivity index (χ1v) is 6.17. The number of nitrogens with one attached hydrogen (secondary N) is 1. The minimum atomic E-state index is -0.565. The minimum Gasteiger partial charge on any atom is -0.388 e. The van der Waals surface area contributed by atoms with E-state index in [2.05, 4.69) is 47.8 Å². The van der Waals surface area contributed by atoms with Gasteiger partial charge in [-0.25, -0.2) is 0 Å². The molecule has 2 N–H and O–H groups in total. The van der Waals surface area contributed by atoms with E-state index < -0.39 is 5.60 Å². The Balaban J connectivity index is 2.00. The molecule has 1 heterocycles. The van der Waals surface area contributed by atoms with Gasteiger partial charge in [0.15, 0.2) is 0 Å². The molecule has 1 aliphatic rings. The lowest BCUT2D eigenvalue weighted by molar-refractivity contribution is 0.0622. The summed E-state index contributed by atoms with van der Waals surface area (Å²) >= 11 is 0. The molecule has 0 spiro atoms. The Morgan fingerprint density at radius 1 is 1.12 bits per heavy atom. The Morgan fingerprint density at radius 2 is 1.94 bits per heavy atom. The Hall–Kier alpha value is -1.38. The van der Waals surface area contributed by atoms with Crippen LogP contribution in [0.1, 0.15) is 12.0 Å². The van der Waals surface area contributed by atoms with Crippen molar-refractivity contribution >= 4 is 10.8 Å². The molecule has 88 valence electrons. The monoisotopic (exact) mass is 227 g/mol. The zero-order valence-electron chi connectivity index (χ0n) is 9.82. The molecule has 0 radical (unpaired) electrons. The van der Waals surface area contributed by atoms with Crippen molar-refractivity contribution in [2.75, 3.05) is 13.1 Å². The highest BCUT2D eigenvalue weighted by molar-refractivity contribution is 5.85. The van der Waals surface area contributed by atoms with E-state index in [-0.39, 0.29) is 0 Å². The van der Waals surface area contributed by atoms with E-state index in [0.29, 0.717) is 6.54 Å². The molecule has 2 heteroatoms. The summed E-state index contributed by atoms with van der Waals surface area (Å²) in [7, 11) is 0. The van der Waals surface area contributed by atoms with Crippen molar-refractivity contribution in [3.63, 3.8) is 0 Å². The molecule has 0 aromatic heterocycles. The fraction of sp³-hybridized carbons (Fsp3) is 0.333. The van der Waals surface area contributed by atoms with Crippen LogP contribution in [0.5, 0.6) is 0 Å². The molecule has 0 bridgehead atoms. The normalized spacial score (nSPS) is 24.3. The third-order valence-electron chi connectivity index (χ3n) is 3.62. The molecule has 0 saturated carbocycles. The van der Waals surface area contributed by atoms with Gasteiger partial charge in [-0.15, -0.1) is 0 Å². The summed E-state index contributed by atoms with van der Waals surface area (Å²) in [6.45, 7) is 1.62. The molecule has 0 amide bonds. The van der Waals surface area contributed by atoms with Gasteiger partial charge in [0.2, 0.25) is 0 Å². The van der Waals surface area contributed by atoms with Gasteiger partial charge in [0.05, 0.1) is 5.60 Å². The highest BCUT2D eigenvalue weighted by Gasteiger charge is 2.31. The van der Waals surface area contributed by atoms with Crippen molar-refractivity contribution < 1.29 is 5.11 Å². The lowest BCUT2D eigenvalue weighted by atomic mass is 9.91. The predicted octanol–water partition coefficient (Wildman–Crippen LogP) is 2.11. The average molecular weight is 227 g/mol. The van der Waals surface area contributed by atoms with Crippen LogP contribution >= 0.6 is 0 Å². The first-order valence-electron chi connectivity index (χ1n) is 6.17. The first-order chi connectivity index (χ1) is 8.27. The maximum Gasteiger partial charge on any atom is 0.0823 e. The third kappa shape index (κ3) is 2.06. The fourth-order valence-electron chi connectivity index (χ4n) is 2.68. The van der Waals surface area contributed by atoms with Crippen molar-refractivity contribution in [3.8, 4) is 0 Å². The SMILES string of the molecule is OC1(Cc2cccc3ccccc23)CCNC1. The fourth-order valence-corrected chi connectivity index (χ4v) is 2.68. The summed E-state index contributed by atoms with van der Waals surface area (Å²) in [6, 6.07) is 14.7. The van der Waals surface area contributed by atoms with Crippen molar-refractivity contribution in [3.05, 3.63) is 48.0 Å². The van der Waals surface area contributed by atoms with Gasteiger partial charge in [-0.05, 0) is 29.3 Å². The van der Waals surface area contributed by atoms with Crippen molar-refractivity contribution in [1.29, 1.82) is 0 Å². The van der Waals surface area contributed by atoms with Gasteiger partial charge in [0, 0.05) is 13.0 Å². The lowest BCUT2D eigenvalue weighted by Crippen LogP contribution is -2.33. The van der Waals surface area contributed by atoms with E-state index in [0.717, 1.165) is 19.4 Å².